The molecule has 9 heteroatoms. The minimum atomic E-state index is -0.313. The van der Waals surface area contributed by atoms with Gasteiger partial charge in [0.1, 0.15) is 12.4 Å². The highest BCUT2D eigenvalue weighted by Gasteiger charge is 2.14. The van der Waals surface area contributed by atoms with Gasteiger partial charge >= 0.3 is 5.69 Å². The monoisotopic (exact) mass is 422 g/mol. The predicted octanol–water partition coefficient (Wildman–Crippen LogP) is 3.27. The second-order valence-electron chi connectivity index (χ2n) is 6.88. The molecule has 0 N–H and O–H groups in total. The number of halogens is 1. The number of tetrazole rings is 1. The molecule has 0 aliphatic carbocycles. The smallest absolute Gasteiger partial charge is 0.368 e. The molecule has 30 heavy (non-hydrogen) atoms. The molecule has 2 aromatic heterocycles. The van der Waals surface area contributed by atoms with Gasteiger partial charge in [0, 0.05) is 18.2 Å². The Kier molecular flexibility index (Phi) is 5.33. The van der Waals surface area contributed by atoms with Crippen LogP contribution in [0.15, 0.2) is 53.3 Å². The van der Waals surface area contributed by atoms with Gasteiger partial charge in [-0.1, -0.05) is 23.7 Å². The van der Waals surface area contributed by atoms with Crippen LogP contribution in [0.5, 0.6) is 5.75 Å². The molecular weight excluding hydrogens is 404 g/mol. The summed E-state index contributed by atoms with van der Waals surface area (Å²) in [5, 5.41) is 16.1. The number of nitrogens with zero attached hydrogens (tertiary/aromatic N) is 6. The number of aromatic nitrogens is 6. The second kappa shape index (κ2) is 8.08. The fourth-order valence-electron chi connectivity index (χ4n) is 3.13. The highest BCUT2D eigenvalue weighted by molar-refractivity contribution is 6.29. The molecule has 0 saturated heterocycles. The Hall–Kier alpha value is -3.52. The van der Waals surface area contributed by atoms with Crippen LogP contribution in [0, 0.1) is 13.8 Å². The lowest BCUT2D eigenvalue weighted by molar-refractivity contribution is 0.302. The Bertz CT molecular complexity index is 1260. The fourth-order valence-corrected chi connectivity index (χ4v) is 3.23. The summed E-state index contributed by atoms with van der Waals surface area (Å²) in [6.45, 7) is 4.22. The first-order valence-electron chi connectivity index (χ1n) is 9.25. The molecule has 0 bridgehead atoms. The highest BCUT2D eigenvalue weighted by atomic mass is 35.5. The van der Waals surface area contributed by atoms with Gasteiger partial charge in [-0.3, -0.25) is 0 Å². The molecule has 4 aromatic rings. The van der Waals surface area contributed by atoms with Crippen molar-refractivity contribution in [2.45, 2.75) is 20.5 Å². The van der Waals surface area contributed by atoms with Crippen LogP contribution in [0.1, 0.15) is 16.7 Å². The lowest BCUT2D eigenvalue weighted by Crippen LogP contribution is -2.23. The number of hydrogen-bond donors (Lipinski definition) is 0. The van der Waals surface area contributed by atoms with E-state index >= 15 is 0 Å². The molecule has 8 nitrogen and oxygen atoms in total. The maximum Gasteiger partial charge on any atom is 0.368 e. The van der Waals surface area contributed by atoms with E-state index < -0.39 is 0 Å². The summed E-state index contributed by atoms with van der Waals surface area (Å²) in [5.41, 5.74) is 4.81. The zero-order valence-electron chi connectivity index (χ0n) is 16.7. The Morgan fingerprint density at radius 2 is 1.83 bits per heavy atom. The first-order chi connectivity index (χ1) is 14.4. The normalized spacial score (nSPS) is 10.9. The van der Waals surface area contributed by atoms with E-state index in [1.54, 1.807) is 13.1 Å². The lowest BCUT2D eigenvalue weighted by atomic mass is 10.1. The maximum atomic E-state index is 12.3. The first kappa shape index (κ1) is 19.8. The van der Waals surface area contributed by atoms with Gasteiger partial charge in [0.05, 0.1) is 11.4 Å². The zero-order valence-corrected chi connectivity index (χ0v) is 17.5. The van der Waals surface area contributed by atoms with Crippen LogP contribution in [-0.2, 0) is 13.7 Å². The predicted molar refractivity (Wildman–Crippen MR) is 113 cm³/mol. The van der Waals surface area contributed by atoms with E-state index in [0.29, 0.717) is 10.8 Å². The summed E-state index contributed by atoms with van der Waals surface area (Å²) in [4.78, 5) is 12.3. The molecular formula is C21H19ClN6O2. The Labute approximate surface area is 177 Å². The summed E-state index contributed by atoms with van der Waals surface area (Å²) < 4.78 is 8.56. The molecule has 2 aromatic carbocycles. The molecule has 0 radical (unpaired) electrons. The van der Waals surface area contributed by atoms with Gasteiger partial charge in [-0.2, -0.15) is 9.36 Å². The van der Waals surface area contributed by atoms with E-state index in [0.717, 1.165) is 33.7 Å². The molecule has 0 spiro atoms. The fraction of sp³-hybridized carbons (Fsp3) is 0.190. The summed E-state index contributed by atoms with van der Waals surface area (Å²) in [6, 6.07) is 15.0. The van der Waals surface area contributed by atoms with Crippen LogP contribution in [0.2, 0.25) is 5.15 Å². The summed E-state index contributed by atoms with van der Waals surface area (Å²) in [6.07, 6.45) is 0. The molecule has 2 heterocycles. The summed E-state index contributed by atoms with van der Waals surface area (Å²) in [5.74, 6) is 0.737. The number of benzene rings is 2. The molecule has 0 saturated carbocycles. The molecule has 0 unspecified atom stereocenters. The van der Waals surface area contributed by atoms with E-state index in [1.165, 1.54) is 9.36 Å². The van der Waals surface area contributed by atoms with Crippen molar-refractivity contribution in [2.24, 2.45) is 7.05 Å². The first-order valence-corrected chi connectivity index (χ1v) is 9.63. The second-order valence-corrected chi connectivity index (χ2v) is 7.27. The van der Waals surface area contributed by atoms with Crippen molar-refractivity contribution in [1.29, 1.82) is 0 Å². The van der Waals surface area contributed by atoms with Gasteiger partial charge in [0.15, 0.2) is 5.15 Å². The van der Waals surface area contributed by atoms with Crippen LogP contribution in [0.3, 0.4) is 0 Å². The van der Waals surface area contributed by atoms with Crippen LogP contribution in [0.4, 0.5) is 0 Å². The quantitative estimate of drug-likeness (QED) is 0.490. The SMILES string of the molecule is Cc1cc(-c2ccc(Cl)nn2)ccc1OCc1c(C)cccc1-n1nnn(C)c1=O. The van der Waals surface area contributed by atoms with Crippen LogP contribution >= 0.6 is 11.6 Å². The number of aryl methyl sites for hydroxylation is 3. The Morgan fingerprint density at radius 1 is 1.00 bits per heavy atom. The van der Waals surface area contributed by atoms with Crippen LogP contribution < -0.4 is 10.4 Å². The Balaban J connectivity index is 1.60. The largest absolute Gasteiger partial charge is 0.489 e. The Morgan fingerprint density at radius 3 is 2.50 bits per heavy atom. The van der Waals surface area contributed by atoms with E-state index in [2.05, 4.69) is 20.6 Å². The van der Waals surface area contributed by atoms with Crippen molar-refractivity contribution in [3.63, 3.8) is 0 Å². The highest BCUT2D eigenvalue weighted by Crippen LogP contribution is 2.27. The molecule has 0 atom stereocenters. The van der Waals surface area contributed by atoms with Crippen molar-refractivity contribution in [2.75, 3.05) is 0 Å². The van der Waals surface area contributed by atoms with Crippen molar-refractivity contribution in [3.05, 3.63) is 80.9 Å². The van der Waals surface area contributed by atoms with Gasteiger partial charge in [-0.25, -0.2) is 4.79 Å². The zero-order chi connectivity index (χ0) is 21.3. The van der Waals surface area contributed by atoms with Crippen molar-refractivity contribution in [3.8, 4) is 22.7 Å². The molecule has 0 amide bonds. The third kappa shape index (κ3) is 3.81. The van der Waals surface area contributed by atoms with E-state index in [9.17, 15) is 4.79 Å². The average molecular weight is 423 g/mol. The van der Waals surface area contributed by atoms with E-state index in [1.807, 2.05) is 56.3 Å². The average Bonchev–Trinajstić information content (AvgIpc) is 3.07. The van der Waals surface area contributed by atoms with Gasteiger partial charge < -0.3 is 4.74 Å². The number of ether oxygens (including phenoxy) is 1. The third-order valence-electron chi connectivity index (χ3n) is 4.81. The van der Waals surface area contributed by atoms with E-state index in [-0.39, 0.29) is 12.3 Å². The topological polar surface area (TPSA) is 87.7 Å². The summed E-state index contributed by atoms with van der Waals surface area (Å²) >= 11 is 5.81. The maximum absolute atomic E-state index is 12.3. The standard InChI is InChI=1S/C21H19ClN6O2/c1-13-5-4-6-18(28-21(29)27(3)25-26-28)16(13)12-30-19-9-7-15(11-14(19)2)17-8-10-20(22)24-23-17/h4-11H,12H2,1-3H3. The van der Waals surface area contributed by atoms with Crippen molar-refractivity contribution < 1.29 is 4.74 Å². The number of rotatable bonds is 5. The molecule has 4 rings (SSSR count). The van der Waals surface area contributed by atoms with Crippen molar-refractivity contribution in [1.82, 2.24) is 30.0 Å². The number of hydrogen-bond acceptors (Lipinski definition) is 6. The molecule has 152 valence electrons. The molecule has 0 fully saturated rings. The van der Waals surface area contributed by atoms with Crippen LogP contribution in [-0.4, -0.2) is 30.0 Å². The molecule has 0 aliphatic rings. The van der Waals surface area contributed by atoms with Gasteiger partial charge in [0.2, 0.25) is 0 Å². The minimum Gasteiger partial charge on any atom is -0.489 e. The summed E-state index contributed by atoms with van der Waals surface area (Å²) in [7, 11) is 1.56. The molecule has 0 aliphatic heterocycles. The van der Waals surface area contributed by atoms with Gasteiger partial charge in [-0.15, -0.1) is 10.2 Å². The lowest BCUT2D eigenvalue weighted by Gasteiger charge is -2.14. The van der Waals surface area contributed by atoms with Crippen molar-refractivity contribution >= 4 is 11.6 Å². The van der Waals surface area contributed by atoms with Gasteiger partial charge in [-0.05, 0) is 71.8 Å². The van der Waals surface area contributed by atoms with E-state index in [4.69, 9.17) is 16.3 Å². The van der Waals surface area contributed by atoms with Crippen LogP contribution in [0.25, 0.3) is 16.9 Å². The van der Waals surface area contributed by atoms with Gasteiger partial charge in [0.25, 0.3) is 0 Å². The minimum absolute atomic E-state index is 0.284. The third-order valence-corrected chi connectivity index (χ3v) is 5.01.